The lowest BCUT2D eigenvalue weighted by Gasteiger charge is -2.14. The van der Waals surface area contributed by atoms with E-state index in [4.69, 9.17) is 10.9 Å². The summed E-state index contributed by atoms with van der Waals surface area (Å²) in [5.74, 6) is -1.10. The zero-order chi connectivity index (χ0) is 15.7. The maximum atomic E-state index is 11.7. The van der Waals surface area contributed by atoms with Crippen molar-refractivity contribution >= 4 is 11.8 Å². The summed E-state index contributed by atoms with van der Waals surface area (Å²) in [6.45, 7) is -0.0920. The molecular weight excluding hydrogens is 274 g/mol. The molecule has 2 amide bonds. The molecule has 0 fully saturated rings. The van der Waals surface area contributed by atoms with Crippen LogP contribution in [0.2, 0.25) is 0 Å². The Morgan fingerprint density at radius 2 is 1.90 bits per heavy atom. The molecule has 1 rings (SSSR count). The van der Waals surface area contributed by atoms with Gasteiger partial charge >= 0.3 is 0 Å². The number of aryl methyl sites for hydroxylation is 1. The van der Waals surface area contributed by atoms with Crippen molar-refractivity contribution in [2.75, 3.05) is 6.54 Å². The van der Waals surface area contributed by atoms with Crippen molar-refractivity contribution in [1.29, 1.82) is 0 Å². The van der Waals surface area contributed by atoms with E-state index in [2.05, 4.69) is 5.32 Å². The fourth-order valence-electron chi connectivity index (χ4n) is 1.78. The quantitative estimate of drug-likeness (QED) is 0.321. The van der Waals surface area contributed by atoms with E-state index in [9.17, 15) is 14.7 Å². The maximum absolute atomic E-state index is 11.7. The molecule has 0 radical (unpaired) electrons. The second-order valence-electron chi connectivity index (χ2n) is 4.77. The van der Waals surface area contributed by atoms with Gasteiger partial charge in [0.1, 0.15) is 0 Å². The number of nitrogens with two attached hydrogens (primary N) is 1. The lowest BCUT2D eigenvalue weighted by molar-refractivity contribution is -0.131. The molecule has 0 aliphatic carbocycles. The number of carbonyl (C=O) groups excluding carboxylic acids is 2. The topological polar surface area (TPSA) is 125 Å². The zero-order valence-corrected chi connectivity index (χ0v) is 11.7. The van der Waals surface area contributed by atoms with Crippen LogP contribution in [0, 0.1) is 0 Å². The Labute approximate surface area is 123 Å². The van der Waals surface area contributed by atoms with Gasteiger partial charge in [-0.25, -0.2) is 5.48 Å². The molecule has 0 spiro atoms. The Balaban J connectivity index is 2.26. The van der Waals surface area contributed by atoms with Crippen molar-refractivity contribution in [3.63, 3.8) is 0 Å². The minimum absolute atomic E-state index is 0.0920. The van der Waals surface area contributed by atoms with Crippen LogP contribution in [0.4, 0.5) is 0 Å². The van der Waals surface area contributed by atoms with E-state index in [1.54, 1.807) is 0 Å². The smallest absolute Gasteiger partial charge is 0.246 e. The van der Waals surface area contributed by atoms with Crippen LogP contribution in [0.1, 0.15) is 18.4 Å². The van der Waals surface area contributed by atoms with Gasteiger partial charge in [-0.3, -0.25) is 14.8 Å². The Bertz CT molecular complexity index is 453. The van der Waals surface area contributed by atoms with Gasteiger partial charge < -0.3 is 16.2 Å². The van der Waals surface area contributed by atoms with Crippen LogP contribution in [0.3, 0.4) is 0 Å². The largest absolute Gasteiger partial charge is 0.391 e. The van der Waals surface area contributed by atoms with Crippen LogP contribution >= 0.6 is 0 Å². The van der Waals surface area contributed by atoms with Gasteiger partial charge in [-0.05, 0) is 18.4 Å². The van der Waals surface area contributed by atoms with E-state index in [1.807, 2.05) is 30.3 Å². The highest BCUT2D eigenvalue weighted by Crippen LogP contribution is 2.04. The first-order valence-corrected chi connectivity index (χ1v) is 6.71. The molecule has 0 unspecified atom stereocenters. The van der Waals surface area contributed by atoms with Crippen LogP contribution in [-0.4, -0.2) is 40.8 Å². The SMILES string of the molecule is N[C@@H](CCc1ccccc1)C(=O)NC[C@H](O)CC(=O)NO. The van der Waals surface area contributed by atoms with E-state index >= 15 is 0 Å². The number of carbonyl (C=O) groups is 2. The molecule has 0 heterocycles. The van der Waals surface area contributed by atoms with E-state index < -0.39 is 18.1 Å². The Morgan fingerprint density at radius 3 is 2.52 bits per heavy atom. The summed E-state index contributed by atoms with van der Waals surface area (Å²) in [5.41, 5.74) is 8.27. The van der Waals surface area contributed by atoms with Gasteiger partial charge in [0.25, 0.3) is 0 Å². The molecule has 6 N–H and O–H groups in total. The molecular formula is C14H21N3O4. The summed E-state index contributed by atoms with van der Waals surface area (Å²) in [6, 6.07) is 9.00. The zero-order valence-electron chi connectivity index (χ0n) is 11.7. The van der Waals surface area contributed by atoms with Crippen molar-refractivity contribution < 1.29 is 19.9 Å². The molecule has 2 atom stereocenters. The van der Waals surface area contributed by atoms with Crippen LogP contribution in [0.15, 0.2) is 30.3 Å². The molecule has 0 aliphatic heterocycles. The third kappa shape index (κ3) is 6.84. The molecule has 1 aromatic carbocycles. The molecule has 7 nitrogen and oxygen atoms in total. The average molecular weight is 295 g/mol. The van der Waals surface area contributed by atoms with Crippen molar-refractivity contribution in [3.8, 4) is 0 Å². The van der Waals surface area contributed by atoms with Gasteiger partial charge in [0.15, 0.2) is 0 Å². The highest BCUT2D eigenvalue weighted by atomic mass is 16.5. The number of aliphatic hydroxyl groups excluding tert-OH is 1. The van der Waals surface area contributed by atoms with Crippen LogP contribution < -0.4 is 16.5 Å². The van der Waals surface area contributed by atoms with Crippen molar-refractivity contribution in [2.24, 2.45) is 5.73 Å². The summed E-state index contributed by atoms with van der Waals surface area (Å²) in [4.78, 5) is 22.5. The normalized spacial score (nSPS) is 13.3. The highest BCUT2D eigenvalue weighted by molar-refractivity contribution is 5.81. The molecule has 0 aromatic heterocycles. The Hall–Kier alpha value is -1.96. The van der Waals surface area contributed by atoms with Crippen LogP contribution in [-0.2, 0) is 16.0 Å². The predicted molar refractivity (Wildman–Crippen MR) is 76.3 cm³/mol. The third-order valence-corrected chi connectivity index (χ3v) is 2.98. The van der Waals surface area contributed by atoms with E-state index in [-0.39, 0.29) is 18.9 Å². The van der Waals surface area contributed by atoms with Crippen LogP contribution in [0.25, 0.3) is 0 Å². The first kappa shape index (κ1) is 17.1. The van der Waals surface area contributed by atoms with Gasteiger partial charge in [-0.15, -0.1) is 0 Å². The number of nitrogens with one attached hydrogen (secondary N) is 2. The molecule has 0 aliphatic rings. The summed E-state index contributed by atoms with van der Waals surface area (Å²) in [6.07, 6.45) is -0.188. The third-order valence-electron chi connectivity index (χ3n) is 2.98. The standard InChI is InChI=1S/C14H21N3O4/c15-12(7-6-10-4-2-1-3-5-10)14(20)16-9-11(18)8-13(19)17-21/h1-5,11-12,18,21H,6-9,15H2,(H,16,20)(H,17,19)/t11-,12+/m1/s1. The number of aliphatic hydroxyl groups is 1. The number of rotatable bonds is 8. The molecule has 0 saturated carbocycles. The summed E-state index contributed by atoms with van der Waals surface area (Å²) in [7, 11) is 0. The molecule has 116 valence electrons. The molecule has 21 heavy (non-hydrogen) atoms. The van der Waals surface area contributed by atoms with Gasteiger partial charge in [-0.2, -0.15) is 0 Å². The van der Waals surface area contributed by atoms with E-state index in [0.29, 0.717) is 12.8 Å². The molecule has 7 heteroatoms. The number of hydrogen-bond acceptors (Lipinski definition) is 5. The first-order valence-electron chi connectivity index (χ1n) is 6.71. The lowest BCUT2D eigenvalue weighted by atomic mass is 10.1. The summed E-state index contributed by atoms with van der Waals surface area (Å²) >= 11 is 0. The Morgan fingerprint density at radius 1 is 1.24 bits per heavy atom. The average Bonchev–Trinajstić information content (AvgIpc) is 2.51. The predicted octanol–water partition coefficient (Wildman–Crippen LogP) is -0.681. The monoisotopic (exact) mass is 295 g/mol. The lowest BCUT2D eigenvalue weighted by Crippen LogP contribution is -2.44. The fraction of sp³-hybridized carbons (Fsp3) is 0.429. The molecule has 0 bridgehead atoms. The first-order chi connectivity index (χ1) is 10.0. The maximum Gasteiger partial charge on any atom is 0.246 e. The summed E-state index contributed by atoms with van der Waals surface area (Å²) in [5, 5.41) is 20.2. The van der Waals surface area contributed by atoms with E-state index in [0.717, 1.165) is 5.56 Å². The number of hydrogen-bond donors (Lipinski definition) is 5. The number of amides is 2. The van der Waals surface area contributed by atoms with Gasteiger partial charge in [0.2, 0.25) is 11.8 Å². The minimum atomic E-state index is -1.07. The van der Waals surface area contributed by atoms with Crippen molar-refractivity contribution in [1.82, 2.24) is 10.8 Å². The van der Waals surface area contributed by atoms with Gasteiger partial charge in [0, 0.05) is 6.54 Å². The summed E-state index contributed by atoms with van der Waals surface area (Å²) < 4.78 is 0. The molecule has 1 aromatic rings. The van der Waals surface area contributed by atoms with Gasteiger partial charge in [0.05, 0.1) is 18.6 Å². The minimum Gasteiger partial charge on any atom is -0.391 e. The number of hydroxylamine groups is 1. The fourth-order valence-corrected chi connectivity index (χ4v) is 1.78. The van der Waals surface area contributed by atoms with Crippen molar-refractivity contribution in [3.05, 3.63) is 35.9 Å². The second-order valence-corrected chi connectivity index (χ2v) is 4.77. The molecule has 0 saturated heterocycles. The second kappa shape index (κ2) is 9.06. The number of benzene rings is 1. The highest BCUT2D eigenvalue weighted by Gasteiger charge is 2.16. The van der Waals surface area contributed by atoms with Gasteiger partial charge in [-0.1, -0.05) is 30.3 Å². The van der Waals surface area contributed by atoms with E-state index in [1.165, 1.54) is 5.48 Å². The van der Waals surface area contributed by atoms with Crippen molar-refractivity contribution in [2.45, 2.75) is 31.4 Å². The Kier molecular flexibility index (Phi) is 7.38. The van der Waals surface area contributed by atoms with Crippen LogP contribution in [0.5, 0.6) is 0 Å².